The molecule has 0 heterocycles. The van der Waals surface area contributed by atoms with Gasteiger partial charge in [-0.25, -0.2) is 4.79 Å². The predicted molar refractivity (Wildman–Crippen MR) is 131 cm³/mol. The molecule has 0 spiro atoms. The Hall–Kier alpha value is -4.13. The number of rotatable bonds is 8. The molecule has 2 amide bonds. The molecule has 0 radical (unpaired) electrons. The summed E-state index contributed by atoms with van der Waals surface area (Å²) < 4.78 is 5.62. The lowest BCUT2D eigenvalue weighted by atomic mass is 9.98. The Morgan fingerprint density at radius 3 is 2.11 bits per heavy atom. The van der Waals surface area contributed by atoms with Crippen molar-refractivity contribution in [3.63, 3.8) is 0 Å². The molecule has 0 aliphatic heterocycles. The fraction of sp³-hybridized carbons (Fsp3) is 0.250. The monoisotopic (exact) mass is 470 g/mol. The van der Waals surface area contributed by atoms with E-state index in [1.54, 1.807) is 24.3 Å². The number of anilines is 1. The van der Waals surface area contributed by atoms with Crippen LogP contribution in [0.3, 0.4) is 0 Å². The highest BCUT2D eigenvalue weighted by atomic mass is 16.5. The summed E-state index contributed by atoms with van der Waals surface area (Å²) in [5, 5.41) is 14.7. The lowest BCUT2D eigenvalue weighted by Crippen LogP contribution is -2.45. The van der Waals surface area contributed by atoms with Gasteiger partial charge in [0.15, 0.2) is 0 Å². The van der Waals surface area contributed by atoms with Crippen molar-refractivity contribution < 1.29 is 24.2 Å². The number of carbonyl (C=O) groups is 3. The molecule has 1 saturated carbocycles. The molecule has 0 aromatic heterocycles. The van der Waals surface area contributed by atoms with Gasteiger partial charge >= 0.3 is 12.1 Å². The largest absolute Gasteiger partial charge is 0.481 e. The summed E-state index contributed by atoms with van der Waals surface area (Å²) in [7, 11) is 0. The minimum absolute atomic E-state index is 0.0297. The van der Waals surface area contributed by atoms with Crippen LogP contribution in [0.5, 0.6) is 0 Å². The molecular formula is C28H26N2O5. The molecule has 2 aliphatic carbocycles. The highest BCUT2D eigenvalue weighted by Gasteiger charge is 2.38. The summed E-state index contributed by atoms with van der Waals surface area (Å²) in [6.07, 6.45) is 0.819. The molecule has 35 heavy (non-hydrogen) atoms. The first-order chi connectivity index (χ1) is 17.0. The van der Waals surface area contributed by atoms with E-state index in [1.165, 1.54) is 0 Å². The Morgan fingerprint density at radius 1 is 0.886 bits per heavy atom. The molecule has 1 atom stereocenters. The van der Waals surface area contributed by atoms with Gasteiger partial charge in [-0.05, 0) is 52.6 Å². The topological polar surface area (TPSA) is 105 Å². The number of hydrogen-bond donors (Lipinski definition) is 3. The number of benzene rings is 3. The molecule has 1 fully saturated rings. The number of alkyl carbamates (subject to hydrolysis) is 1. The first-order valence-corrected chi connectivity index (χ1v) is 11.7. The Labute approximate surface area is 203 Å². The number of carboxylic acids is 1. The quantitative estimate of drug-likeness (QED) is 0.447. The Morgan fingerprint density at radius 2 is 1.49 bits per heavy atom. The molecule has 0 saturated heterocycles. The molecule has 3 aromatic carbocycles. The van der Waals surface area contributed by atoms with Gasteiger partial charge in [-0.15, -0.1) is 0 Å². The van der Waals surface area contributed by atoms with Crippen LogP contribution < -0.4 is 10.6 Å². The van der Waals surface area contributed by atoms with E-state index in [-0.39, 0.29) is 30.8 Å². The SMILES string of the molecule is O=C(O)Cc1ccccc1NC(=O)C(NC(=O)OCC1c2ccccc2-c2ccccc21)C1CC1. The Kier molecular flexibility index (Phi) is 6.23. The van der Waals surface area contributed by atoms with E-state index in [0.29, 0.717) is 11.3 Å². The van der Waals surface area contributed by atoms with E-state index in [1.807, 2.05) is 24.3 Å². The van der Waals surface area contributed by atoms with Crippen LogP contribution in [0.2, 0.25) is 0 Å². The van der Waals surface area contributed by atoms with Crippen molar-refractivity contribution in [2.24, 2.45) is 5.92 Å². The number of nitrogens with one attached hydrogen (secondary N) is 2. The molecule has 0 bridgehead atoms. The summed E-state index contributed by atoms with van der Waals surface area (Å²) in [5.74, 6) is -1.40. The smallest absolute Gasteiger partial charge is 0.407 e. The number of aliphatic carboxylic acids is 1. The minimum atomic E-state index is -0.984. The summed E-state index contributed by atoms with van der Waals surface area (Å²) in [5.41, 5.74) is 5.46. The third-order valence-corrected chi connectivity index (χ3v) is 6.61. The van der Waals surface area contributed by atoms with Gasteiger partial charge in [-0.1, -0.05) is 66.7 Å². The molecule has 3 aromatic rings. The van der Waals surface area contributed by atoms with E-state index in [4.69, 9.17) is 9.84 Å². The normalized spacial score (nSPS) is 15.0. The second-order valence-electron chi connectivity index (χ2n) is 9.00. The Balaban J connectivity index is 1.25. The van der Waals surface area contributed by atoms with Crippen molar-refractivity contribution in [3.05, 3.63) is 89.5 Å². The molecule has 2 aliphatic rings. The molecule has 7 heteroatoms. The number of para-hydroxylation sites is 1. The first-order valence-electron chi connectivity index (χ1n) is 11.7. The van der Waals surface area contributed by atoms with E-state index < -0.39 is 18.1 Å². The summed E-state index contributed by atoms with van der Waals surface area (Å²) in [6.45, 7) is 0.167. The van der Waals surface area contributed by atoms with Crippen LogP contribution in [-0.4, -0.2) is 35.7 Å². The molecule has 178 valence electrons. The van der Waals surface area contributed by atoms with Crippen LogP contribution in [0.15, 0.2) is 72.8 Å². The van der Waals surface area contributed by atoms with Crippen LogP contribution in [0, 0.1) is 5.92 Å². The van der Waals surface area contributed by atoms with Crippen molar-refractivity contribution in [2.45, 2.75) is 31.2 Å². The van der Waals surface area contributed by atoms with Crippen molar-refractivity contribution in [1.82, 2.24) is 5.32 Å². The lowest BCUT2D eigenvalue weighted by Gasteiger charge is -2.20. The van der Waals surface area contributed by atoms with Gasteiger partial charge in [0.25, 0.3) is 0 Å². The van der Waals surface area contributed by atoms with Crippen molar-refractivity contribution in [3.8, 4) is 11.1 Å². The highest BCUT2D eigenvalue weighted by Crippen LogP contribution is 2.44. The summed E-state index contributed by atoms with van der Waals surface area (Å²) in [4.78, 5) is 36.9. The summed E-state index contributed by atoms with van der Waals surface area (Å²) in [6, 6.07) is 22.2. The zero-order valence-electron chi connectivity index (χ0n) is 19.1. The van der Waals surface area contributed by atoms with E-state index >= 15 is 0 Å². The number of carbonyl (C=O) groups excluding carboxylic acids is 2. The number of amides is 2. The van der Waals surface area contributed by atoms with Gasteiger partial charge in [0.2, 0.25) is 5.91 Å². The van der Waals surface area contributed by atoms with Gasteiger partial charge in [0.05, 0.1) is 6.42 Å². The van der Waals surface area contributed by atoms with Crippen LogP contribution in [-0.2, 0) is 20.7 Å². The average molecular weight is 471 g/mol. The van der Waals surface area contributed by atoms with Gasteiger partial charge in [-0.3, -0.25) is 9.59 Å². The third kappa shape index (κ3) is 4.89. The van der Waals surface area contributed by atoms with Gasteiger partial charge in [-0.2, -0.15) is 0 Å². The van der Waals surface area contributed by atoms with Gasteiger partial charge in [0.1, 0.15) is 12.6 Å². The Bertz CT molecular complexity index is 1240. The zero-order valence-corrected chi connectivity index (χ0v) is 19.1. The van der Waals surface area contributed by atoms with Crippen LogP contribution in [0.1, 0.15) is 35.4 Å². The second kappa shape index (κ2) is 9.62. The number of hydrogen-bond acceptors (Lipinski definition) is 4. The maximum Gasteiger partial charge on any atom is 0.407 e. The number of ether oxygens (including phenoxy) is 1. The standard InChI is InChI=1S/C28H26N2O5/c31-25(32)15-18-7-1-6-12-24(18)29-27(33)26(17-13-14-17)30-28(34)35-16-23-21-10-4-2-8-19(21)20-9-3-5-11-22(20)23/h1-12,17,23,26H,13-16H2,(H,29,33)(H,30,34)(H,31,32). The lowest BCUT2D eigenvalue weighted by molar-refractivity contribution is -0.136. The zero-order chi connectivity index (χ0) is 24.4. The van der Waals surface area contributed by atoms with Crippen molar-refractivity contribution in [1.29, 1.82) is 0 Å². The number of fused-ring (bicyclic) bond motifs is 3. The van der Waals surface area contributed by atoms with E-state index in [2.05, 4.69) is 34.9 Å². The molecule has 1 unspecified atom stereocenters. The van der Waals surface area contributed by atoms with Crippen molar-refractivity contribution in [2.75, 3.05) is 11.9 Å². The molecule has 3 N–H and O–H groups in total. The fourth-order valence-corrected chi connectivity index (χ4v) is 4.76. The van der Waals surface area contributed by atoms with Crippen LogP contribution >= 0.6 is 0 Å². The third-order valence-electron chi connectivity index (χ3n) is 6.61. The predicted octanol–water partition coefficient (Wildman–Crippen LogP) is 4.57. The maximum atomic E-state index is 13.0. The first kappa shape index (κ1) is 22.7. The average Bonchev–Trinajstić information content (AvgIpc) is 3.64. The van der Waals surface area contributed by atoms with Crippen molar-refractivity contribution >= 4 is 23.7 Å². The van der Waals surface area contributed by atoms with Gasteiger partial charge < -0.3 is 20.5 Å². The van der Waals surface area contributed by atoms with Crippen LogP contribution in [0.25, 0.3) is 11.1 Å². The van der Waals surface area contributed by atoms with E-state index in [9.17, 15) is 14.4 Å². The van der Waals surface area contributed by atoms with Crippen LogP contribution in [0.4, 0.5) is 10.5 Å². The second-order valence-corrected chi connectivity index (χ2v) is 9.00. The summed E-state index contributed by atoms with van der Waals surface area (Å²) >= 11 is 0. The maximum absolute atomic E-state index is 13.0. The van der Waals surface area contributed by atoms with Gasteiger partial charge in [0, 0.05) is 11.6 Å². The highest BCUT2D eigenvalue weighted by molar-refractivity contribution is 5.98. The molecule has 5 rings (SSSR count). The fourth-order valence-electron chi connectivity index (χ4n) is 4.76. The molecule has 7 nitrogen and oxygen atoms in total. The number of carboxylic acid groups (broad SMARTS) is 1. The minimum Gasteiger partial charge on any atom is -0.481 e. The molecular weight excluding hydrogens is 444 g/mol. The van der Waals surface area contributed by atoms with E-state index in [0.717, 1.165) is 35.1 Å².